The molecule has 1 unspecified atom stereocenters. The smallest absolute Gasteiger partial charge is 0.0198 e. The van der Waals surface area contributed by atoms with Gasteiger partial charge in [-0.3, -0.25) is 0 Å². The van der Waals surface area contributed by atoms with Gasteiger partial charge in [0.25, 0.3) is 0 Å². The van der Waals surface area contributed by atoms with Crippen LogP contribution in [-0.4, -0.2) is 5.80 Å². The summed E-state index contributed by atoms with van der Waals surface area (Å²) in [5.74, 6) is 3.50. The minimum absolute atomic E-state index is 0.691. The number of hydrogen-bond donors (Lipinski definition) is 0. The van der Waals surface area contributed by atoms with Crippen molar-refractivity contribution in [3.8, 4) is 0 Å². The van der Waals surface area contributed by atoms with Crippen molar-refractivity contribution in [2.75, 3.05) is 0 Å². The molecular formula is C6H13P. The first kappa shape index (κ1) is 7.17. The fourth-order valence-electron chi connectivity index (χ4n) is 0.192. The van der Waals surface area contributed by atoms with Crippen molar-refractivity contribution in [2.45, 2.75) is 20.8 Å². The van der Waals surface area contributed by atoms with Gasteiger partial charge in [0, 0.05) is 0 Å². The third-order valence-corrected chi connectivity index (χ3v) is 1.84. The second-order valence-corrected chi connectivity index (χ2v) is 2.60. The van der Waals surface area contributed by atoms with E-state index in [4.69, 9.17) is 0 Å². The van der Waals surface area contributed by atoms with E-state index in [0.29, 0.717) is 5.92 Å². The van der Waals surface area contributed by atoms with E-state index in [2.05, 4.69) is 29.6 Å². The summed E-state index contributed by atoms with van der Waals surface area (Å²) in [5, 5.41) is 0. The normalized spacial score (nSPS) is 14.3. The summed E-state index contributed by atoms with van der Waals surface area (Å²) in [6.07, 6.45) is 0. The van der Waals surface area contributed by atoms with Crippen molar-refractivity contribution < 1.29 is 0 Å². The maximum Gasteiger partial charge on any atom is -0.0198 e. The maximum absolute atomic E-state index is 3.33. The highest BCUT2D eigenvalue weighted by Gasteiger charge is 1.98. The molecule has 0 radical (unpaired) electrons. The second kappa shape index (κ2) is 3.21. The van der Waals surface area contributed by atoms with Crippen LogP contribution in [0.4, 0.5) is 0 Å². The van der Waals surface area contributed by atoms with Crippen molar-refractivity contribution >= 4 is 14.7 Å². The average Bonchev–Trinajstić information content (AvgIpc) is 1.65. The van der Waals surface area contributed by atoms with E-state index in [1.54, 1.807) is 0 Å². The first-order valence-electron chi connectivity index (χ1n) is 2.69. The van der Waals surface area contributed by atoms with Gasteiger partial charge in [0.1, 0.15) is 0 Å². The molecule has 0 rings (SSSR count). The van der Waals surface area contributed by atoms with Gasteiger partial charge in [-0.2, -0.15) is 0 Å². The molecule has 0 bridgehead atoms. The molecule has 0 saturated heterocycles. The van der Waals surface area contributed by atoms with Crippen LogP contribution in [0.5, 0.6) is 0 Å². The predicted molar refractivity (Wildman–Crippen MR) is 38.4 cm³/mol. The van der Waals surface area contributed by atoms with E-state index in [1.165, 1.54) is 0 Å². The number of rotatable bonds is 2. The molecule has 0 aromatic rings. The Morgan fingerprint density at radius 2 is 1.71 bits per heavy atom. The first-order valence-corrected chi connectivity index (χ1v) is 3.26. The Kier molecular flexibility index (Phi) is 3.29. The van der Waals surface area contributed by atoms with Crippen LogP contribution in [0.3, 0.4) is 0 Å². The van der Waals surface area contributed by atoms with Crippen LogP contribution in [0.25, 0.3) is 0 Å². The van der Waals surface area contributed by atoms with Gasteiger partial charge in [0.2, 0.25) is 0 Å². The van der Waals surface area contributed by atoms with E-state index in [9.17, 15) is 0 Å². The zero-order chi connectivity index (χ0) is 5.86. The van der Waals surface area contributed by atoms with E-state index in [0.717, 1.165) is 5.92 Å². The van der Waals surface area contributed by atoms with E-state index >= 15 is 0 Å². The van der Waals surface area contributed by atoms with Gasteiger partial charge >= 0.3 is 0 Å². The highest BCUT2D eigenvalue weighted by Crippen LogP contribution is 2.05. The molecule has 0 aliphatic rings. The van der Waals surface area contributed by atoms with E-state index in [1.807, 2.05) is 5.80 Å². The van der Waals surface area contributed by atoms with Gasteiger partial charge < -0.3 is 0 Å². The van der Waals surface area contributed by atoms with Gasteiger partial charge in [-0.1, -0.05) is 26.6 Å². The zero-order valence-electron chi connectivity index (χ0n) is 5.23. The van der Waals surface area contributed by atoms with Gasteiger partial charge in [-0.25, -0.2) is 0 Å². The molecule has 0 aromatic heterocycles. The molecule has 0 fully saturated rings. The predicted octanol–water partition coefficient (Wildman–Crippen LogP) is 2.22. The minimum atomic E-state index is 0.691. The molecule has 0 heterocycles. The van der Waals surface area contributed by atoms with Gasteiger partial charge in [0.15, 0.2) is 0 Å². The van der Waals surface area contributed by atoms with Crippen molar-refractivity contribution in [3.05, 3.63) is 0 Å². The summed E-state index contributed by atoms with van der Waals surface area (Å²) in [4.78, 5) is 0. The lowest BCUT2D eigenvalue weighted by atomic mass is 10.0. The van der Waals surface area contributed by atoms with Crippen LogP contribution >= 0.6 is 8.86 Å². The Balaban J connectivity index is 3.33. The molecule has 0 aromatic carbocycles. The Hall–Kier alpha value is 0.170. The largest absolute Gasteiger partial charge is 0.126 e. The summed E-state index contributed by atoms with van der Waals surface area (Å²) >= 11 is 0. The molecule has 1 atom stereocenters. The van der Waals surface area contributed by atoms with Crippen LogP contribution in [0.15, 0.2) is 0 Å². The summed E-state index contributed by atoms with van der Waals surface area (Å²) in [6.45, 7) is 6.61. The fourth-order valence-corrected chi connectivity index (χ4v) is 0.577. The highest BCUT2D eigenvalue weighted by molar-refractivity contribution is 7.18. The van der Waals surface area contributed by atoms with Crippen LogP contribution in [0, 0.1) is 11.8 Å². The molecule has 42 valence electrons. The summed E-state index contributed by atoms with van der Waals surface area (Å²) in [6, 6.07) is 0. The molecule has 0 aliphatic heterocycles. The molecular weight excluding hydrogens is 103 g/mol. The molecule has 0 nitrogen and oxygen atoms in total. The summed E-state index contributed by atoms with van der Waals surface area (Å²) < 4.78 is 0. The maximum atomic E-state index is 3.33. The Morgan fingerprint density at radius 1 is 1.29 bits per heavy atom. The lowest BCUT2D eigenvalue weighted by molar-refractivity contribution is 0.545. The summed E-state index contributed by atoms with van der Waals surface area (Å²) in [5.41, 5.74) is 0. The van der Waals surface area contributed by atoms with Crippen LogP contribution < -0.4 is 0 Å². The van der Waals surface area contributed by atoms with E-state index in [-0.39, 0.29) is 0 Å². The molecule has 0 spiro atoms. The van der Waals surface area contributed by atoms with Crippen molar-refractivity contribution in [3.63, 3.8) is 0 Å². The SMILES string of the molecule is CC(C)C(C)C=P. The number of hydrogen-bond acceptors (Lipinski definition) is 0. The van der Waals surface area contributed by atoms with Crippen LogP contribution in [0.1, 0.15) is 20.8 Å². The Labute approximate surface area is 48.2 Å². The summed E-state index contributed by atoms with van der Waals surface area (Å²) in [7, 11) is 3.33. The Bertz CT molecular complexity index is 57.2. The lowest BCUT2D eigenvalue weighted by Gasteiger charge is -2.06. The van der Waals surface area contributed by atoms with Gasteiger partial charge in [-0.15, -0.1) is 8.86 Å². The van der Waals surface area contributed by atoms with E-state index < -0.39 is 0 Å². The first-order chi connectivity index (χ1) is 3.18. The molecule has 1 heteroatoms. The fraction of sp³-hybridized carbons (Fsp3) is 0.833. The quantitative estimate of drug-likeness (QED) is 0.485. The lowest BCUT2D eigenvalue weighted by Crippen LogP contribution is -2.02. The topological polar surface area (TPSA) is 0 Å². The van der Waals surface area contributed by atoms with Crippen LogP contribution in [0.2, 0.25) is 0 Å². The van der Waals surface area contributed by atoms with Gasteiger partial charge in [-0.05, 0) is 11.8 Å². The molecule has 7 heavy (non-hydrogen) atoms. The highest BCUT2D eigenvalue weighted by atomic mass is 31.0. The second-order valence-electron chi connectivity index (χ2n) is 2.27. The van der Waals surface area contributed by atoms with Crippen molar-refractivity contribution in [1.82, 2.24) is 0 Å². The third kappa shape index (κ3) is 2.82. The zero-order valence-corrected chi connectivity index (χ0v) is 6.23. The minimum Gasteiger partial charge on any atom is -0.126 e. The van der Waals surface area contributed by atoms with Gasteiger partial charge in [0.05, 0.1) is 0 Å². The van der Waals surface area contributed by atoms with Crippen LogP contribution in [-0.2, 0) is 0 Å². The Morgan fingerprint density at radius 3 is 1.71 bits per heavy atom. The molecule has 0 N–H and O–H groups in total. The molecule has 0 saturated carbocycles. The molecule has 0 aliphatic carbocycles. The average molecular weight is 116 g/mol. The standard InChI is InChI=1S/C6H13P/c1-5(2)6(3)4-7/h4-7H,1-3H3. The van der Waals surface area contributed by atoms with Crippen molar-refractivity contribution in [1.29, 1.82) is 0 Å². The van der Waals surface area contributed by atoms with Crippen molar-refractivity contribution in [2.24, 2.45) is 11.8 Å². The molecule has 0 amide bonds. The third-order valence-electron chi connectivity index (χ3n) is 1.31. The monoisotopic (exact) mass is 116 g/mol.